The normalized spacial score (nSPS) is 20.0. The molecular formula is C12H11BrF3NO. The predicted molar refractivity (Wildman–Crippen MR) is 64.1 cm³/mol. The topological polar surface area (TPSA) is 20.3 Å². The Balaban J connectivity index is 2.25. The van der Waals surface area contributed by atoms with E-state index in [-0.39, 0.29) is 16.6 Å². The SMILES string of the molecule is O=C(c1cc(Br)c(F)cc1F)N1CCCC(F)C1. The Labute approximate surface area is 111 Å². The Morgan fingerprint density at radius 2 is 2.06 bits per heavy atom. The molecule has 2 nitrogen and oxygen atoms in total. The molecule has 0 aliphatic carbocycles. The number of halogens is 4. The molecule has 98 valence electrons. The molecule has 1 saturated heterocycles. The van der Waals surface area contributed by atoms with Crippen LogP contribution in [0.4, 0.5) is 13.2 Å². The van der Waals surface area contributed by atoms with Gasteiger partial charge in [-0.1, -0.05) is 0 Å². The number of likely N-dealkylation sites (tertiary alicyclic amines) is 1. The van der Waals surface area contributed by atoms with Gasteiger partial charge in [0.25, 0.3) is 5.91 Å². The first-order valence-electron chi connectivity index (χ1n) is 5.57. The summed E-state index contributed by atoms with van der Waals surface area (Å²) in [5.74, 6) is -2.30. The molecule has 0 aromatic heterocycles. The molecule has 6 heteroatoms. The van der Waals surface area contributed by atoms with Crippen LogP contribution in [0.15, 0.2) is 16.6 Å². The van der Waals surface area contributed by atoms with E-state index in [2.05, 4.69) is 15.9 Å². The van der Waals surface area contributed by atoms with E-state index in [9.17, 15) is 18.0 Å². The van der Waals surface area contributed by atoms with Crippen molar-refractivity contribution in [3.05, 3.63) is 33.8 Å². The third-order valence-electron chi connectivity index (χ3n) is 2.89. The lowest BCUT2D eigenvalue weighted by Gasteiger charge is -2.29. The molecule has 0 bridgehead atoms. The number of alkyl halides is 1. The second kappa shape index (κ2) is 5.30. The van der Waals surface area contributed by atoms with E-state index >= 15 is 0 Å². The highest BCUT2D eigenvalue weighted by Gasteiger charge is 2.26. The van der Waals surface area contributed by atoms with Gasteiger partial charge in [-0.2, -0.15) is 0 Å². The van der Waals surface area contributed by atoms with Crippen LogP contribution in [0.3, 0.4) is 0 Å². The highest BCUT2D eigenvalue weighted by Crippen LogP contribution is 2.23. The Bertz CT molecular complexity index is 481. The van der Waals surface area contributed by atoms with Crippen LogP contribution in [0, 0.1) is 11.6 Å². The minimum absolute atomic E-state index is 0.0149. The molecule has 1 fully saturated rings. The van der Waals surface area contributed by atoms with Crippen LogP contribution >= 0.6 is 15.9 Å². The Kier molecular flexibility index (Phi) is 3.94. The Morgan fingerprint density at radius 1 is 1.33 bits per heavy atom. The number of carbonyl (C=O) groups is 1. The van der Waals surface area contributed by atoms with E-state index in [0.29, 0.717) is 25.5 Å². The van der Waals surface area contributed by atoms with Crippen molar-refractivity contribution >= 4 is 21.8 Å². The van der Waals surface area contributed by atoms with Crippen LogP contribution in [-0.2, 0) is 0 Å². The van der Waals surface area contributed by atoms with Gasteiger partial charge in [-0.05, 0) is 34.8 Å². The van der Waals surface area contributed by atoms with Gasteiger partial charge >= 0.3 is 0 Å². The van der Waals surface area contributed by atoms with Gasteiger partial charge in [0.1, 0.15) is 17.8 Å². The highest BCUT2D eigenvalue weighted by atomic mass is 79.9. The Morgan fingerprint density at radius 3 is 2.72 bits per heavy atom. The van der Waals surface area contributed by atoms with Crippen LogP contribution in [0.2, 0.25) is 0 Å². The highest BCUT2D eigenvalue weighted by molar-refractivity contribution is 9.10. The number of rotatable bonds is 1. The number of hydrogen-bond acceptors (Lipinski definition) is 1. The summed E-state index contributed by atoms with van der Waals surface area (Å²) >= 11 is 2.90. The van der Waals surface area contributed by atoms with Crippen LogP contribution < -0.4 is 0 Å². The van der Waals surface area contributed by atoms with Crippen molar-refractivity contribution in [3.8, 4) is 0 Å². The molecule has 0 saturated carbocycles. The molecule has 1 heterocycles. The lowest BCUT2D eigenvalue weighted by molar-refractivity contribution is 0.0631. The molecule has 0 N–H and O–H groups in total. The average Bonchev–Trinajstić information content (AvgIpc) is 2.33. The summed E-state index contributed by atoms with van der Waals surface area (Å²) in [5, 5.41) is 0. The van der Waals surface area contributed by atoms with E-state index in [0.717, 1.165) is 6.07 Å². The molecule has 2 rings (SSSR count). The lowest BCUT2D eigenvalue weighted by atomic mass is 10.1. The van der Waals surface area contributed by atoms with Gasteiger partial charge in [0.05, 0.1) is 16.6 Å². The van der Waals surface area contributed by atoms with Crippen LogP contribution in [0.25, 0.3) is 0 Å². The number of piperidine rings is 1. The summed E-state index contributed by atoms with van der Waals surface area (Å²) < 4.78 is 39.8. The van der Waals surface area contributed by atoms with Crippen molar-refractivity contribution in [3.63, 3.8) is 0 Å². The van der Waals surface area contributed by atoms with Crippen molar-refractivity contribution in [2.45, 2.75) is 19.0 Å². The van der Waals surface area contributed by atoms with E-state index < -0.39 is 23.7 Å². The first kappa shape index (κ1) is 13.4. The number of carbonyl (C=O) groups excluding carboxylic acids is 1. The zero-order valence-electron chi connectivity index (χ0n) is 9.43. The second-order valence-electron chi connectivity index (χ2n) is 4.24. The maximum atomic E-state index is 13.5. The van der Waals surface area contributed by atoms with Crippen molar-refractivity contribution < 1.29 is 18.0 Å². The fraction of sp³-hybridized carbons (Fsp3) is 0.417. The summed E-state index contributed by atoms with van der Waals surface area (Å²) in [5.41, 5.74) is -0.239. The van der Waals surface area contributed by atoms with Gasteiger partial charge in [-0.15, -0.1) is 0 Å². The number of hydrogen-bond donors (Lipinski definition) is 0. The van der Waals surface area contributed by atoms with E-state index in [1.807, 2.05) is 0 Å². The summed E-state index contributed by atoms with van der Waals surface area (Å²) in [7, 11) is 0. The van der Waals surface area contributed by atoms with Gasteiger partial charge in [0, 0.05) is 12.6 Å². The molecule has 0 spiro atoms. The van der Waals surface area contributed by atoms with Crippen molar-refractivity contribution in [1.82, 2.24) is 4.90 Å². The van der Waals surface area contributed by atoms with Crippen molar-refractivity contribution in [1.29, 1.82) is 0 Å². The Hall–Kier alpha value is -1.04. The molecule has 18 heavy (non-hydrogen) atoms. The fourth-order valence-corrected chi connectivity index (χ4v) is 2.31. The average molecular weight is 322 g/mol. The van der Waals surface area contributed by atoms with E-state index in [1.165, 1.54) is 4.90 Å². The first-order valence-corrected chi connectivity index (χ1v) is 6.36. The van der Waals surface area contributed by atoms with E-state index in [1.54, 1.807) is 0 Å². The number of amides is 1. The summed E-state index contributed by atoms with van der Waals surface area (Å²) in [6, 6.07) is 1.74. The minimum atomic E-state index is -1.07. The first-order chi connectivity index (χ1) is 8.49. The smallest absolute Gasteiger partial charge is 0.256 e. The molecule has 1 aliphatic rings. The molecule has 1 aromatic carbocycles. The summed E-state index contributed by atoms with van der Waals surface area (Å²) in [4.78, 5) is 13.3. The van der Waals surface area contributed by atoms with Crippen molar-refractivity contribution in [2.24, 2.45) is 0 Å². The van der Waals surface area contributed by atoms with Gasteiger partial charge < -0.3 is 4.90 Å². The molecule has 1 aromatic rings. The third-order valence-corrected chi connectivity index (χ3v) is 3.50. The van der Waals surface area contributed by atoms with Gasteiger partial charge in [-0.3, -0.25) is 4.79 Å². The number of benzene rings is 1. The lowest BCUT2D eigenvalue weighted by Crippen LogP contribution is -2.41. The van der Waals surface area contributed by atoms with Gasteiger partial charge in [0.15, 0.2) is 0 Å². The minimum Gasteiger partial charge on any atom is -0.336 e. The zero-order valence-corrected chi connectivity index (χ0v) is 11.0. The number of nitrogens with zero attached hydrogens (tertiary/aromatic N) is 1. The maximum absolute atomic E-state index is 13.5. The van der Waals surface area contributed by atoms with Crippen LogP contribution in [0.1, 0.15) is 23.2 Å². The molecule has 1 amide bonds. The van der Waals surface area contributed by atoms with Crippen LogP contribution in [0.5, 0.6) is 0 Å². The summed E-state index contributed by atoms with van der Waals surface area (Å²) in [6.07, 6.45) is -0.106. The zero-order chi connectivity index (χ0) is 13.3. The molecule has 0 radical (unpaired) electrons. The third kappa shape index (κ3) is 2.68. The van der Waals surface area contributed by atoms with Crippen molar-refractivity contribution in [2.75, 3.05) is 13.1 Å². The molecule has 1 aliphatic heterocycles. The van der Waals surface area contributed by atoms with Gasteiger partial charge in [0.2, 0.25) is 0 Å². The van der Waals surface area contributed by atoms with Crippen LogP contribution in [-0.4, -0.2) is 30.1 Å². The standard InChI is InChI=1S/C12H11BrF3NO/c13-9-4-8(10(15)5-11(9)16)12(18)17-3-1-2-7(14)6-17/h4-5,7H,1-3,6H2. The summed E-state index contributed by atoms with van der Waals surface area (Å²) in [6.45, 7) is 0.362. The monoisotopic (exact) mass is 321 g/mol. The molecule has 1 unspecified atom stereocenters. The predicted octanol–water partition coefficient (Wildman–Crippen LogP) is 3.30. The second-order valence-corrected chi connectivity index (χ2v) is 5.09. The van der Waals surface area contributed by atoms with E-state index in [4.69, 9.17) is 0 Å². The quantitative estimate of drug-likeness (QED) is 0.727. The fourth-order valence-electron chi connectivity index (χ4n) is 1.97. The van der Waals surface area contributed by atoms with Gasteiger partial charge in [-0.25, -0.2) is 13.2 Å². The largest absolute Gasteiger partial charge is 0.336 e. The molecular weight excluding hydrogens is 311 g/mol. The molecule has 1 atom stereocenters. The maximum Gasteiger partial charge on any atom is 0.256 e.